The molecule has 0 aliphatic rings. The zero-order valence-corrected chi connectivity index (χ0v) is 12.9. The van der Waals surface area contributed by atoms with Crippen LogP contribution in [0.1, 0.15) is 20.7 Å². The minimum atomic E-state index is -0.135. The summed E-state index contributed by atoms with van der Waals surface area (Å²) < 4.78 is 11.5. The second kappa shape index (κ2) is 7.04. The molecule has 108 valence electrons. The second-order valence-corrected chi connectivity index (χ2v) is 5.16. The van der Waals surface area contributed by atoms with Crippen LogP contribution in [-0.2, 0) is 0 Å². The summed E-state index contributed by atoms with van der Waals surface area (Å²) in [6.07, 6.45) is 0.722. The van der Waals surface area contributed by atoms with Crippen molar-refractivity contribution >= 4 is 28.0 Å². The van der Waals surface area contributed by atoms with Crippen LogP contribution >= 0.6 is 15.9 Å². The highest BCUT2D eigenvalue weighted by molar-refractivity contribution is 9.10. The van der Waals surface area contributed by atoms with Crippen LogP contribution in [-0.4, -0.2) is 25.8 Å². The van der Waals surface area contributed by atoms with Gasteiger partial charge in [-0.1, -0.05) is 28.1 Å². The summed E-state index contributed by atoms with van der Waals surface area (Å²) in [6.45, 7) is -0.0988. The third kappa shape index (κ3) is 3.92. The van der Waals surface area contributed by atoms with Crippen molar-refractivity contribution in [1.82, 2.24) is 0 Å². The van der Waals surface area contributed by atoms with E-state index in [2.05, 4.69) is 15.9 Å². The lowest BCUT2D eigenvalue weighted by Crippen LogP contribution is -2.12. The third-order valence-corrected chi connectivity index (χ3v) is 3.38. The van der Waals surface area contributed by atoms with E-state index in [1.807, 2.05) is 0 Å². The van der Waals surface area contributed by atoms with Gasteiger partial charge in [0.2, 0.25) is 0 Å². The fourth-order valence-electron chi connectivity index (χ4n) is 1.74. The van der Waals surface area contributed by atoms with Gasteiger partial charge in [0.15, 0.2) is 23.9 Å². The summed E-state index contributed by atoms with van der Waals surface area (Å²) in [4.78, 5) is 22.7. The molecular weight excluding hydrogens is 336 g/mol. The van der Waals surface area contributed by atoms with E-state index in [1.165, 1.54) is 7.11 Å². The lowest BCUT2D eigenvalue weighted by atomic mass is 10.1. The van der Waals surface area contributed by atoms with Crippen molar-refractivity contribution in [2.24, 2.45) is 0 Å². The molecule has 0 aliphatic heterocycles. The molecule has 21 heavy (non-hydrogen) atoms. The Hall–Kier alpha value is -2.14. The monoisotopic (exact) mass is 348 g/mol. The van der Waals surface area contributed by atoms with Gasteiger partial charge in [-0.3, -0.25) is 9.59 Å². The maximum absolute atomic E-state index is 12.0. The topological polar surface area (TPSA) is 52.6 Å². The van der Waals surface area contributed by atoms with Crippen molar-refractivity contribution < 1.29 is 19.1 Å². The lowest BCUT2D eigenvalue weighted by molar-refractivity contribution is 0.0919. The molecule has 0 atom stereocenters. The van der Waals surface area contributed by atoms with Gasteiger partial charge >= 0.3 is 0 Å². The molecule has 4 nitrogen and oxygen atoms in total. The molecule has 0 aliphatic carbocycles. The predicted octanol–water partition coefficient (Wildman–Crippen LogP) is 3.53. The van der Waals surface area contributed by atoms with Gasteiger partial charge in [-0.15, -0.1) is 0 Å². The SMILES string of the molecule is COc1cc(C=O)ccc1OCC(=O)c1ccc(Br)cc1. The molecule has 0 saturated carbocycles. The van der Waals surface area contributed by atoms with Gasteiger partial charge in [0.1, 0.15) is 6.29 Å². The van der Waals surface area contributed by atoms with Crippen LogP contribution in [0.5, 0.6) is 11.5 Å². The molecule has 0 radical (unpaired) electrons. The Labute approximate surface area is 130 Å². The molecule has 0 fully saturated rings. The van der Waals surface area contributed by atoms with Gasteiger partial charge in [0, 0.05) is 15.6 Å². The van der Waals surface area contributed by atoms with Gasteiger partial charge in [-0.2, -0.15) is 0 Å². The van der Waals surface area contributed by atoms with Crippen molar-refractivity contribution in [2.45, 2.75) is 0 Å². The summed E-state index contributed by atoms with van der Waals surface area (Å²) in [5.74, 6) is 0.709. The van der Waals surface area contributed by atoms with Crippen LogP contribution in [0.25, 0.3) is 0 Å². The highest BCUT2D eigenvalue weighted by Gasteiger charge is 2.10. The molecule has 0 unspecified atom stereocenters. The average Bonchev–Trinajstić information content (AvgIpc) is 2.53. The van der Waals surface area contributed by atoms with E-state index in [0.717, 1.165) is 10.8 Å². The van der Waals surface area contributed by atoms with E-state index in [4.69, 9.17) is 9.47 Å². The number of Topliss-reactive ketones (excluding diaryl/α,β-unsaturated/α-hetero) is 1. The Morgan fingerprint density at radius 2 is 1.86 bits per heavy atom. The fraction of sp³-hybridized carbons (Fsp3) is 0.125. The van der Waals surface area contributed by atoms with Crippen molar-refractivity contribution in [3.8, 4) is 11.5 Å². The number of rotatable bonds is 6. The van der Waals surface area contributed by atoms with Crippen LogP contribution in [0, 0.1) is 0 Å². The summed E-state index contributed by atoms with van der Waals surface area (Å²) in [5, 5.41) is 0. The number of carbonyl (C=O) groups excluding carboxylic acids is 2. The number of hydrogen-bond acceptors (Lipinski definition) is 4. The molecule has 5 heteroatoms. The van der Waals surface area contributed by atoms with Gasteiger partial charge in [-0.05, 0) is 30.3 Å². The first-order valence-electron chi connectivity index (χ1n) is 6.19. The molecule has 2 aromatic rings. The first-order chi connectivity index (χ1) is 10.1. The zero-order chi connectivity index (χ0) is 15.2. The highest BCUT2D eigenvalue weighted by Crippen LogP contribution is 2.27. The second-order valence-electron chi connectivity index (χ2n) is 4.25. The Kier molecular flexibility index (Phi) is 5.11. The van der Waals surface area contributed by atoms with Crippen LogP contribution in [0.15, 0.2) is 46.9 Å². The van der Waals surface area contributed by atoms with Crippen LogP contribution < -0.4 is 9.47 Å². The van der Waals surface area contributed by atoms with E-state index in [-0.39, 0.29) is 12.4 Å². The molecule has 0 saturated heterocycles. The summed E-state index contributed by atoms with van der Waals surface area (Å²) in [5.41, 5.74) is 1.06. The van der Waals surface area contributed by atoms with Gasteiger partial charge < -0.3 is 9.47 Å². The number of ketones is 1. The first kappa shape index (κ1) is 15.3. The zero-order valence-electron chi connectivity index (χ0n) is 11.3. The van der Waals surface area contributed by atoms with E-state index in [1.54, 1.807) is 42.5 Å². The van der Waals surface area contributed by atoms with Crippen molar-refractivity contribution in [3.63, 3.8) is 0 Å². The number of benzene rings is 2. The quantitative estimate of drug-likeness (QED) is 0.591. The van der Waals surface area contributed by atoms with Crippen molar-refractivity contribution in [2.75, 3.05) is 13.7 Å². The summed E-state index contributed by atoms with van der Waals surface area (Å²) >= 11 is 3.32. The molecule has 0 spiro atoms. The molecule has 0 amide bonds. The maximum atomic E-state index is 12.0. The van der Waals surface area contributed by atoms with E-state index in [9.17, 15) is 9.59 Å². The number of hydrogen-bond donors (Lipinski definition) is 0. The van der Waals surface area contributed by atoms with E-state index >= 15 is 0 Å². The Balaban J connectivity index is 2.07. The third-order valence-electron chi connectivity index (χ3n) is 2.85. The number of aldehydes is 1. The molecule has 2 rings (SSSR count). The van der Waals surface area contributed by atoms with Crippen molar-refractivity contribution in [1.29, 1.82) is 0 Å². The number of methoxy groups -OCH3 is 1. The van der Waals surface area contributed by atoms with Gasteiger partial charge in [0.05, 0.1) is 7.11 Å². The Morgan fingerprint density at radius 1 is 1.14 bits per heavy atom. The lowest BCUT2D eigenvalue weighted by Gasteiger charge is -2.10. The van der Waals surface area contributed by atoms with Gasteiger partial charge in [0.25, 0.3) is 0 Å². The normalized spacial score (nSPS) is 10.0. The minimum Gasteiger partial charge on any atom is -0.493 e. The molecule has 0 N–H and O–H groups in total. The van der Waals surface area contributed by atoms with Crippen LogP contribution in [0.2, 0.25) is 0 Å². The smallest absolute Gasteiger partial charge is 0.200 e. The largest absolute Gasteiger partial charge is 0.493 e. The molecule has 0 aromatic heterocycles. The first-order valence-corrected chi connectivity index (χ1v) is 6.98. The Morgan fingerprint density at radius 3 is 2.48 bits per heavy atom. The molecule has 0 bridgehead atoms. The maximum Gasteiger partial charge on any atom is 0.200 e. The number of halogens is 1. The standard InChI is InChI=1S/C16H13BrO4/c1-20-16-8-11(9-18)2-7-15(16)21-10-14(19)12-3-5-13(17)6-4-12/h2-9H,10H2,1H3. The van der Waals surface area contributed by atoms with Crippen LogP contribution in [0.4, 0.5) is 0 Å². The molecule has 0 heterocycles. The summed E-state index contributed by atoms with van der Waals surface area (Å²) in [6, 6.07) is 11.8. The fourth-order valence-corrected chi connectivity index (χ4v) is 2.00. The highest BCUT2D eigenvalue weighted by atomic mass is 79.9. The minimum absolute atomic E-state index is 0.0988. The molecular formula is C16H13BrO4. The van der Waals surface area contributed by atoms with Crippen LogP contribution in [0.3, 0.4) is 0 Å². The number of carbonyl (C=O) groups is 2. The van der Waals surface area contributed by atoms with Gasteiger partial charge in [-0.25, -0.2) is 0 Å². The van der Waals surface area contributed by atoms with E-state index < -0.39 is 0 Å². The number of ether oxygens (including phenoxy) is 2. The van der Waals surface area contributed by atoms with Crippen molar-refractivity contribution in [3.05, 3.63) is 58.1 Å². The van der Waals surface area contributed by atoms with E-state index in [0.29, 0.717) is 22.6 Å². The Bertz CT molecular complexity index is 650. The average molecular weight is 349 g/mol. The summed E-state index contributed by atoms with van der Waals surface area (Å²) in [7, 11) is 1.48. The predicted molar refractivity (Wildman–Crippen MR) is 82.3 cm³/mol. The molecule has 2 aromatic carbocycles.